The molecule has 0 saturated heterocycles. The lowest BCUT2D eigenvalue weighted by Crippen LogP contribution is -2.26. The van der Waals surface area contributed by atoms with Gasteiger partial charge in [0.15, 0.2) is 0 Å². The highest BCUT2D eigenvalue weighted by Gasteiger charge is 2.30. The molecule has 1 aliphatic rings. The first-order valence-electron chi connectivity index (χ1n) is 5.17. The third-order valence-electron chi connectivity index (χ3n) is 2.77. The van der Waals surface area contributed by atoms with E-state index in [9.17, 15) is 5.11 Å². The van der Waals surface area contributed by atoms with Crippen LogP contribution in [0.4, 0.5) is 0 Å². The summed E-state index contributed by atoms with van der Waals surface area (Å²) in [7, 11) is 0. The Morgan fingerprint density at radius 1 is 1.50 bits per heavy atom. The minimum absolute atomic E-state index is 0.0811. The monoisotopic (exact) mass is 192 g/mol. The first-order valence-corrected chi connectivity index (χ1v) is 5.17. The van der Waals surface area contributed by atoms with Gasteiger partial charge in [0.05, 0.1) is 6.10 Å². The lowest BCUT2D eigenvalue weighted by Gasteiger charge is -2.34. The van der Waals surface area contributed by atoms with Gasteiger partial charge in [-0.2, -0.15) is 0 Å². The molecule has 1 aliphatic carbocycles. The minimum atomic E-state index is -0.284. The van der Waals surface area contributed by atoms with Gasteiger partial charge in [0.25, 0.3) is 0 Å². The van der Waals surface area contributed by atoms with Crippen molar-refractivity contribution in [1.82, 2.24) is 0 Å². The third kappa shape index (κ3) is 2.36. The van der Waals surface area contributed by atoms with Crippen LogP contribution < -0.4 is 0 Å². The summed E-state index contributed by atoms with van der Waals surface area (Å²) in [6.07, 6.45) is 8.72. The Kier molecular flexibility index (Phi) is 3.33. The van der Waals surface area contributed by atoms with Crippen molar-refractivity contribution in [2.75, 3.05) is 0 Å². The maximum absolute atomic E-state index is 9.64. The van der Waals surface area contributed by atoms with E-state index in [0.717, 1.165) is 6.42 Å². The van der Waals surface area contributed by atoms with Crippen LogP contribution in [-0.2, 0) is 0 Å². The molecule has 78 valence electrons. The molecule has 0 aromatic rings. The molecule has 1 nitrogen and oxygen atoms in total. The summed E-state index contributed by atoms with van der Waals surface area (Å²) in [6, 6.07) is 0. The molecule has 1 N–H and O–H groups in total. The summed E-state index contributed by atoms with van der Waals surface area (Å²) in [5, 5.41) is 9.64. The molecule has 1 rings (SSSR count). The van der Waals surface area contributed by atoms with Gasteiger partial charge in [-0.1, -0.05) is 38.2 Å². The topological polar surface area (TPSA) is 20.2 Å². The van der Waals surface area contributed by atoms with E-state index in [4.69, 9.17) is 0 Å². The van der Waals surface area contributed by atoms with Crippen molar-refractivity contribution in [3.8, 4) is 0 Å². The SMILES string of the molecule is C/C=C/C=C1C(C)=CC(O)CC1(C)C. The zero-order valence-corrected chi connectivity index (χ0v) is 9.54. The second kappa shape index (κ2) is 4.14. The number of rotatable bonds is 1. The fraction of sp³-hybridized carbons (Fsp3) is 0.538. The quantitative estimate of drug-likeness (QED) is 0.676. The predicted molar refractivity (Wildman–Crippen MR) is 61.1 cm³/mol. The van der Waals surface area contributed by atoms with E-state index in [0.29, 0.717) is 0 Å². The van der Waals surface area contributed by atoms with E-state index in [1.807, 2.05) is 19.1 Å². The van der Waals surface area contributed by atoms with Crippen LogP contribution in [0.3, 0.4) is 0 Å². The van der Waals surface area contributed by atoms with Gasteiger partial charge in [-0.15, -0.1) is 0 Å². The highest BCUT2D eigenvalue weighted by atomic mass is 16.3. The minimum Gasteiger partial charge on any atom is -0.389 e. The number of hydrogen-bond donors (Lipinski definition) is 1. The number of hydrogen-bond acceptors (Lipinski definition) is 1. The highest BCUT2D eigenvalue weighted by molar-refractivity contribution is 5.40. The Bertz CT molecular complexity index is 292. The lowest BCUT2D eigenvalue weighted by atomic mass is 9.72. The Morgan fingerprint density at radius 3 is 2.64 bits per heavy atom. The molecule has 0 aromatic carbocycles. The van der Waals surface area contributed by atoms with Gasteiger partial charge in [0.1, 0.15) is 0 Å². The van der Waals surface area contributed by atoms with Crippen LogP contribution in [0.5, 0.6) is 0 Å². The van der Waals surface area contributed by atoms with Crippen LogP contribution in [0.1, 0.15) is 34.1 Å². The van der Waals surface area contributed by atoms with E-state index >= 15 is 0 Å². The van der Waals surface area contributed by atoms with Crippen LogP contribution in [0.15, 0.2) is 35.5 Å². The molecule has 0 aliphatic heterocycles. The number of aliphatic hydroxyl groups excluding tert-OH is 1. The van der Waals surface area contributed by atoms with Gasteiger partial charge in [-0.25, -0.2) is 0 Å². The standard InChI is InChI=1S/C13H20O/c1-5-6-7-12-10(2)8-11(14)9-13(12,3)4/h5-8,11,14H,9H2,1-4H3/b6-5+,12-7?. The molecule has 1 heteroatoms. The van der Waals surface area contributed by atoms with Crippen molar-refractivity contribution in [2.45, 2.75) is 40.2 Å². The fourth-order valence-corrected chi connectivity index (χ4v) is 2.15. The van der Waals surface area contributed by atoms with Crippen LogP contribution >= 0.6 is 0 Å². The summed E-state index contributed by atoms with van der Waals surface area (Å²) in [4.78, 5) is 0. The van der Waals surface area contributed by atoms with Crippen LogP contribution in [0.25, 0.3) is 0 Å². The molecule has 0 saturated carbocycles. The molecule has 1 unspecified atom stereocenters. The van der Waals surface area contributed by atoms with Crippen LogP contribution in [0.2, 0.25) is 0 Å². The molecular weight excluding hydrogens is 172 g/mol. The van der Waals surface area contributed by atoms with Crippen molar-refractivity contribution in [3.05, 3.63) is 35.5 Å². The molecule has 0 bridgehead atoms. The summed E-state index contributed by atoms with van der Waals surface area (Å²) < 4.78 is 0. The van der Waals surface area contributed by atoms with Gasteiger partial charge in [0.2, 0.25) is 0 Å². The molecule has 0 amide bonds. The van der Waals surface area contributed by atoms with Crippen molar-refractivity contribution < 1.29 is 5.11 Å². The zero-order valence-electron chi connectivity index (χ0n) is 9.54. The molecule has 0 aromatic heterocycles. The Hall–Kier alpha value is -0.820. The maximum Gasteiger partial charge on any atom is 0.0734 e. The van der Waals surface area contributed by atoms with Gasteiger partial charge in [-0.3, -0.25) is 0 Å². The fourth-order valence-electron chi connectivity index (χ4n) is 2.15. The maximum atomic E-state index is 9.64. The van der Waals surface area contributed by atoms with Crippen molar-refractivity contribution in [3.63, 3.8) is 0 Å². The summed E-state index contributed by atoms with van der Waals surface area (Å²) in [5.74, 6) is 0. The van der Waals surface area contributed by atoms with Gasteiger partial charge in [-0.05, 0) is 36.8 Å². The molecule has 0 heterocycles. The molecule has 1 atom stereocenters. The normalized spacial score (nSPS) is 29.6. The molecule has 0 radical (unpaired) electrons. The van der Waals surface area contributed by atoms with Gasteiger partial charge in [0, 0.05) is 0 Å². The molecule has 14 heavy (non-hydrogen) atoms. The third-order valence-corrected chi connectivity index (χ3v) is 2.77. The van der Waals surface area contributed by atoms with Gasteiger partial charge < -0.3 is 5.11 Å². The Labute approximate surface area is 86.8 Å². The molecule has 0 spiro atoms. The number of aliphatic hydroxyl groups is 1. The average Bonchev–Trinajstić information content (AvgIpc) is 2.00. The first kappa shape index (κ1) is 11.3. The van der Waals surface area contributed by atoms with E-state index in [-0.39, 0.29) is 11.5 Å². The van der Waals surface area contributed by atoms with E-state index in [1.165, 1.54) is 11.1 Å². The second-order valence-corrected chi connectivity index (χ2v) is 4.61. The lowest BCUT2D eigenvalue weighted by molar-refractivity contribution is 0.161. The Balaban J connectivity index is 3.07. The largest absolute Gasteiger partial charge is 0.389 e. The summed E-state index contributed by atoms with van der Waals surface area (Å²) in [6.45, 7) is 8.45. The predicted octanol–water partition coefficient (Wildman–Crippen LogP) is 3.23. The van der Waals surface area contributed by atoms with Gasteiger partial charge >= 0.3 is 0 Å². The first-order chi connectivity index (χ1) is 6.47. The van der Waals surface area contributed by atoms with E-state index < -0.39 is 0 Å². The smallest absolute Gasteiger partial charge is 0.0734 e. The Morgan fingerprint density at radius 2 is 2.14 bits per heavy atom. The summed E-state index contributed by atoms with van der Waals surface area (Å²) in [5.41, 5.74) is 2.62. The number of allylic oxidation sites excluding steroid dienone is 5. The summed E-state index contributed by atoms with van der Waals surface area (Å²) >= 11 is 0. The van der Waals surface area contributed by atoms with Crippen molar-refractivity contribution >= 4 is 0 Å². The zero-order chi connectivity index (χ0) is 10.8. The second-order valence-electron chi connectivity index (χ2n) is 4.61. The average molecular weight is 192 g/mol. The van der Waals surface area contributed by atoms with Crippen LogP contribution in [0, 0.1) is 5.41 Å². The van der Waals surface area contributed by atoms with Crippen LogP contribution in [-0.4, -0.2) is 11.2 Å². The highest BCUT2D eigenvalue weighted by Crippen LogP contribution is 2.40. The molecule has 0 fully saturated rings. The van der Waals surface area contributed by atoms with Crippen molar-refractivity contribution in [1.29, 1.82) is 0 Å². The van der Waals surface area contributed by atoms with E-state index in [1.54, 1.807) is 0 Å². The van der Waals surface area contributed by atoms with Crippen molar-refractivity contribution in [2.24, 2.45) is 5.41 Å². The molecular formula is C13H20O. The van der Waals surface area contributed by atoms with E-state index in [2.05, 4.69) is 32.9 Å².